The summed E-state index contributed by atoms with van der Waals surface area (Å²) in [4.78, 5) is 12.1. The Balaban J connectivity index is 1.96. The van der Waals surface area contributed by atoms with Crippen LogP contribution in [0.4, 0.5) is 0 Å². The maximum absolute atomic E-state index is 12.1. The van der Waals surface area contributed by atoms with Crippen molar-refractivity contribution in [1.29, 1.82) is 0 Å². The first-order valence-corrected chi connectivity index (χ1v) is 8.68. The quantitative estimate of drug-likeness (QED) is 0.385. The third-order valence-electron chi connectivity index (χ3n) is 6.62. The van der Waals surface area contributed by atoms with Gasteiger partial charge in [0.2, 0.25) is 0 Å². The summed E-state index contributed by atoms with van der Waals surface area (Å²) in [5.74, 6) is 1.24. The summed E-state index contributed by atoms with van der Waals surface area (Å²) < 4.78 is 5.37. The maximum Gasteiger partial charge on any atom is 0.333 e. The molecular weight excluding hydrogens is 260 g/mol. The molecule has 2 bridgehead atoms. The van der Waals surface area contributed by atoms with Gasteiger partial charge in [0, 0.05) is 5.57 Å². The Kier molecular flexibility index (Phi) is 4.85. The Labute approximate surface area is 130 Å². The maximum atomic E-state index is 12.1. The highest BCUT2D eigenvalue weighted by Gasteiger charge is 2.60. The average Bonchev–Trinajstić information content (AvgIpc) is 2.76. The average molecular weight is 292 g/mol. The van der Waals surface area contributed by atoms with E-state index in [9.17, 15) is 4.79 Å². The van der Waals surface area contributed by atoms with Crippen LogP contribution in [0.3, 0.4) is 0 Å². The molecule has 0 aliphatic heterocycles. The van der Waals surface area contributed by atoms with Crippen LogP contribution in [0.2, 0.25) is 0 Å². The first kappa shape index (κ1) is 16.6. The van der Waals surface area contributed by atoms with Gasteiger partial charge in [-0.1, -0.05) is 46.6 Å². The Morgan fingerprint density at radius 2 is 2.00 bits per heavy atom. The number of unbranched alkanes of at least 4 members (excludes halogenated alkanes) is 2. The number of allylic oxidation sites excluding steroid dienone is 1. The number of fused-ring (bicyclic) bond motifs is 2. The minimum atomic E-state index is -0.115. The summed E-state index contributed by atoms with van der Waals surface area (Å²) in [7, 11) is 0. The van der Waals surface area contributed by atoms with E-state index in [-0.39, 0.29) is 5.97 Å². The molecule has 0 spiro atoms. The molecule has 120 valence electrons. The summed E-state index contributed by atoms with van der Waals surface area (Å²) >= 11 is 0. The van der Waals surface area contributed by atoms with E-state index in [2.05, 4.69) is 33.8 Å². The van der Waals surface area contributed by atoms with E-state index in [0.717, 1.165) is 30.8 Å². The smallest absolute Gasteiger partial charge is 0.333 e. The monoisotopic (exact) mass is 292 g/mol. The van der Waals surface area contributed by atoms with Crippen LogP contribution >= 0.6 is 0 Å². The fourth-order valence-corrected chi connectivity index (χ4v) is 4.52. The minimum Gasteiger partial charge on any atom is -0.462 e. The van der Waals surface area contributed by atoms with Crippen LogP contribution in [-0.2, 0) is 9.53 Å². The zero-order valence-electron chi connectivity index (χ0n) is 14.5. The van der Waals surface area contributed by atoms with Crippen molar-refractivity contribution >= 4 is 5.97 Å². The molecule has 2 nitrogen and oxygen atoms in total. The number of hydrogen-bond donors (Lipinski definition) is 0. The standard InChI is InChI=1S/C19H32O2/c1-6-7-8-11-21-17(20)14(2)12-16-13-15-9-10-19(16,5)18(15,3)4/h12,15-16H,6-11,13H2,1-5H3/t15-,16?,19-/m1/s1. The van der Waals surface area contributed by atoms with E-state index < -0.39 is 0 Å². The predicted molar refractivity (Wildman–Crippen MR) is 87.0 cm³/mol. The molecule has 2 aliphatic rings. The van der Waals surface area contributed by atoms with Gasteiger partial charge in [-0.3, -0.25) is 0 Å². The molecule has 0 aromatic carbocycles. The third kappa shape index (κ3) is 2.91. The van der Waals surface area contributed by atoms with Crippen LogP contribution in [-0.4, -0.2) is 12.6 Å². The van der Waals surface area contributed by atoms with Crippen LogP contribution in [0.15, 0.2) is 11.6 Å². The number of ether oxygens (including phenoxy) is 1. The lowest BCUT2D eigenvalue weighted by atomic mass is 9.66. The molecule has 2 heteroatoms. The lowest BCUT2D eigenvalue weighted by Crippen LogP contribution is -2.31. The van der Waals surface area contributed by atoms with Gasteiger partial charge in [-0.05, 0) is 55.3 Å². The van der Waals surface area contributed by atoms with Crippen molar-refractivity contribution in [1.82, 2.24) is 0 Å². The zero-order valence-corrected chi connectivity index (χ0v) is 14.5. The molecule has 3 atom stereocenters. The van der Waals surface area contributed by atoms with Crippen LogP contribution < -0.4 is 0 Å². The minimum absolute atomic E-state index is 0.115. The van der Waals surface area contributed by atoms with E-state index in [4.69, 9.17) is 4.74 Å². The van der Waals surface area contributed by atoms with Gasteiger partial charge in [-0.25, -0.2) is 4.79 Å². The van der Waals surface area contributed by atoms with E-state index in [0.29, 0.717) is 23.4 Å². The Morgan fingerprint density at radius 1 is 1.29 bits per heavy atom. The first-order valence-electron chi connectivity index (χ1n) is 8.68. The van der Waals surface area contributed by atoms with Gasteiger partial charge in [0.15, 0.2) is 0 Å². The van der Waals surface area contributed by atoms with Gasteiger partial charge in [0.1, 0.15) is 0 Å². The molecule has 1 unspecified atom stereocenters. The highest BCUT2D eigenvalue weighted by Crippen LogP contribution is 2.68. The molecule has 2 aliphatic carbocycles. The van der Waals surface area contributed by atoms with Gasteiger partial charge in [-0.15, -0.1) is 0 Å². The van der Waals surface area contributed by atoms with Crippen molar-refractivity contribution in [3.05, 3.63) is 11.6 Å². The highest BCUT2D eigenvalue weighted by molar-refractivity contribution is 5.87. The molecule has 2 saturated carbocycles. The zero-order chi connectivity index (χ0) is 15.7. The number of rotatable bonds is 6. The molecule has 0 amide bonds. The van der Waals surface area contributed by atoms with Crippen molar-refractivity contribution in [2.45, 2.75) is 73.1 Å². The topological polar surface area (TPSA) is 26.3 Å². The molecule has 2 fully saturated rings. The SMILES string of the molecule is CCCCCOC(=O)C(C)=CC1C[C@H]2CC[C@@]1(C)C2(C)C. The van der Waals surface area contributed by atoms with Gasteiger partial charge < -0.3 is 4.74 Å². The number of carbonyl (C=O) groups excluding carboxylic acids is 1. The number of esters is 1. The van der Waals surface area contributed by atoms with E-state index in [1.54, 1.807) is 0 Å². The molecule has 0 heterocycles. The molecular formula is C19H32O2. The summed E-state index contributed by atoms with van der Waals surface area (Å²) in [6.07, 6.45) is 9.37. The molecule has 0 aromatic rings. The fraction of sp³-hybridized carbons (Fsp3) is 0.842. The van der Waals surface area contributed by atoms with Crippen LogP contribution in [0, 0.1) is 22.7 Å². The summed E-state index contributed by atoms with van der Waals surface area (Å²) in [5.41, 5.74) is 1.56. The van der Waals surface area contributed by atoms with Crippen molar-refractivity contribution in [2.75, 3.05) is 6.61 Å². The Hall–Kier alpha value is -0.790. The second kappa shape index (κ2) is 6.14. The highest BCUT2D eigenvalue weighted by atomic mass is 16.5. The van der Waals surface area contributed by atoms with Gasteiger partial charge in [0.05, 0.1) is 6.61 Å². The van der Waals surface area contributed by atoms with E-state index in [1.165, 1.54) is 19.3 Å². The Bertz CT molecular complexity index is 421. The lowest BCUT2D eigenvalue weighted by Gasteiger charge is -2.38. The fourth-order valence-electron chi connectivity index (χ4n) is 4.52. The van der Waals surface area contributed by atoms with Crippen LogP contribution in [0.1, 0.15) is 73.1 Å². The summed E-state index contributed by atoms with van der Waals surface area (Å²) in [5, 5.41) is 0. The van der Waals surface area contributed by atoms with Crippen molar-refractivity contribution in [3.63, 3.8) is 0 Å². The van der Waals surface area contributed by atoms with Gasteiger partial charge in [-0.2, -0.15) is 0 Å². The second-order valence-corrected chi connectivity index (χ2v) is 7.91. The summed E-state index contributed by atoms with van der Waals surface area (Å²) in [6.45, 7) is 11.9. The van der Waals surface area contributed by atoms with Crippen molar-refractivity contribution < 1.29 is 9.53 Å². The molecule has 0 radical (unpaired) electrons. The molecule has 21 heavy (non-hydrogen) atoms. The van der Waals surface area contributed by atoms with Gasteiger partial charge in [0.25, 0.3) is 0 Å². The third-order valence-corrected chi connectivity index (χ3v) is 6.62. The molecule has 2 rings (SSSR count). The first-order chi connectivity index (χ1) is 9.83. The van der Waals surface area contributed by atoms with Crippen molar-refractivity contribution in [3.8, 4) is 0 Å². The molecule has 0 N–H and O–H groups in total. The van der Waals surface area contributed by atoms with Crippen LogP contribution in [0.25, 0.3) is 0 Å². The Morgan fingerprint density at radius 3 is 2.52 bits per heavy atom. The molecule has 0 saturated heterocycles. The normalized spacial score (nSPS) is 34.2. The van der Waals surface area contributed by atoms with E-state index >= 15 is 0 Å². The van der Waals surface area contributed by atoms with E-state index in [1.807, 2.05) is 6.92 Å². The molecule has 0 aromatic heterocycles. The van der Waals surface area contributed by atoms with Gasteiger partial charge >= 0.3 is 5.97 Å². The second-order valence-electron chi connectivity index (χ2n) is 7.91. The van der Waals surface area contributed by atoms with Crippen LogP contribution in [0.5, 0.6) is 0 Å². The summed E-state index contributed by atoms with van der Waals surface area (Å²) in [6, 6.07) is 0. The lowest BCUT2D eigenvalue weighted by molar-refractivity contribution is -0.139. The number of carbonyl (C=O) groups is 1. The number of hydrogen-bond acceptors (Lipinski definition) is 2. The largest absolute Gasteiger partial charge is 0.462 e. The predicted octanol–water partition coefficient (Wildman–Crippen LogP) is 5.13. The van der Waals surface area contributed by atoms with Crippen molar-refractivity contribution in [2.24, 2.45) is 22.7 Å².